The normalized spacial score (nSPS) is 19.2. The van der Waals surface area contributed by atoms with Gasteiger partial charge in [0.1, 0.15) is 6.20 Å². The van der Waals surface area contributed by atoms with Crippen molar-refractivity contribution in [2.24, 2.45) is 4.99 Å². The quantitative estimate of drug-likeness (QED) is 0.611. The Bertz CT molecular complexity index is 415. The van der Waals surface area contributed by atoms with Crippen molar-refractivity contribution in [3.63, 3.8) is 0 Å². The second-order valence-corrected chi connectivity index (χ2v) is 4.95. The average molecular weight is 288 g/mol. The molecule has 18 heavy (non-hydrogen) atoms. The molecule has 1 aliphatic rings. The highest BCUT2D eigenvalue weighted by atomic mass is 32.2. The van der Waals surface area contributed by atoms with Crippen LogP contribution in [0.4, 0.5) is 13.2 Å². The summed E-state index contributed by atoms with van der Waals surface area (Å²) in [6, 6.07) is 0. The predicted molar refractivity (Wildman–Crippen MR) is 58.7 cm³/mol. The number of alkyl halides is 3. The van der Waals surface area contributed by atoms with E-state index >= 15 is 0 Å². The molecule has 0 aromatic carbocycles. The fourth-order valence-electron chi connectivity index (χ4n) is 1.04. The summed E-state index contributed by atoms with van der Waals surface area (Å²) in [5.41, 5.74) is -5.65. The van der Waals surface area contributed by atoms with Gasteiger partial charge in [-0.1, -0.05) is 13.3 Å². The Morgan fingerprint density at radius 1 is 1.44 bits per heavy atom. The van der Waals surface area contributed by atoms with Crippen LogP contribution in [0, 0.1) is 0 Å². The van der Waals surface area contributed by atoms with E-state index in [1.54, 1.807) is 0 Å². The van der Waals surface area contributed by atoms with Gasteiger partial charge in [0.05, 0.1) is 13.2 Å². The molecule has 0 spiro atoms. The van der Waals surface area contributed by atoms with Gasteiger partial charge in [-0.2, -0.15) is 13.2 Å². The van der Waals surface area contributed by atoms with Crippen LogP contribution < -0.4 is 4.90 Å². The van der Waals surface area contributed by atoms with Crippen molar-refractivity contribution >= 4 is 16.0 Å². The summed E-state index contributed by atoms with van der Waals surface area (Å²) in [5.74, 6) is 1.28. The summed E-state index contributed by atoms with van der Waals surface area (Å²) >= 11 is 0. The van der Waals surface area contributed by atoms with Crippen molar-refractivity contribution in [2.45, 2.75) is 31.7 Å². The number of hydrogen-bond donors (Lipinski definition) is 1. The molecule has 0 amide bonds. The van der Waals surface area contributed by atoms with Crippen molar-refractivity contribution in [3.8, 4) is 0 Å². The fraction of sp³-hybridized carbons (Fsp3) is 0.667. The number of unbranched alkanes of at least 4 members (excludes halogenated alkanes) is 1. The monoisotopic (exact) mass is 288 g/mol. The molecule has 0 aromatic rings. The van der Waals surface area contributed by atoms with E-state index in [1.807, 2.05) is 6.20 Å². The van der Waals surface area contributed by atoms with Gasteiger partial charge < -0.3 is 4.55 Å². The first kappa shape index (κ1) is 17.1. The molecular formula is C9H15F3N2O3S. The third-order valence-corrected chi connectivity index (χ3v) is 2.63. The lowest BCUT2D eigenvalue weighted by molar-refractivity contribution is -0.719. The Labute approximate surface area is 104 Å². The van der Waals surface area contributed by atoms with Gasteiger partial charge >= 0.3 is 5.51 Å². The Morgan fingerprint density at radius 3 is 2.22 bits per heavy atom. The summed E-state index contributed by atoms with van der Waals surface area (Å²) in [5, 5.41) is 0. The molecule has 5 nitrogen and oxygen atoms in total. The molecule has 1 aliphatic heterocycles. The zero-order valence-corrected chi connectivity index (χ0v) is 10.8. The first-order valence-electron chi connectivity index (χ1n) is 5.19. The lowest BCUT2D eigenvalue weighted by Crippen LogP contribution is -3.06. The second kappa shape index (κ2) is 6.86. The highest BCUT2D eigenvalue weighted by Gasteiger charge is 2.36. The molecule has 0 fully saturated rings. The average Bonchev–Trinajstić information content (AvgIpc) is 2.59. The lowest BCUT2D eigenvalue weighted by atomic mass is 10.2. The van der Waals surface area contributed by atoms with E-state index in [4.69, 9.17) is 13.0 Å². The van der Waals surface area contributed by atoms with Crippen molar-refractivity contribution in [3.05, 3.63) is 12.4 Å². The van der Waals surface area contributed by atoms with E-state index in [0.29, 0.717) is 0 Å². The molecule has 1 atom stereocenters. The molecule has 0 radical (unpaired) electrons. The SMILES string of the molecule is CCCCC1=NC=C[NH+]1C.O=S(=O)([O-])C(F)(F)F. The minimum atomic E-state index is -6.09. The maximum absolute atomic E-state index is 10.7. The van der Waals surface area contributed by atoms with Gasteiger partial charge in [-0.3, -0.25) is 4.90 Å². The molecule has 0 saturated heterocycles. The molecule has 1 unspecified atom stereocenters. The Kier molecular flexibility index (Phi) is 6.50. The third-order valence-electron chi connectivity index (χ3n) is 2.06. The predicted octanol–water partition coefficient (Wildman–Crippen LogP) is 0.626. The number of amidine groups is 1. The van der Waals surface area contributed by atoms with Gasteiger partial charge in [0.2, 0.25) is 5.84 Å². The Hall–Kier alpha value is -0.930. The summed E-state index contributed by atoms with van der Waals surface area (Å²) in [6.45, 7) is 2.21. The number of aliphatic imine (C=N–C) groups is 1. The molecule has 106 valence electrons. The van der Waals surface area contributed by atoms with Gasteiger partial charge in [0.15, 0.2) is 10.1 Å². The van der Waals surface area contributed by atoms with Crippen LogP contribution in [-0.4, -0.2) is 31.4 Å². The standard InChI is InChI=1S/C8H14N2.CHF3O3S/c1-3-4-5-8-9-6-7-10(8)2;2-1(3,4)8(5,6)7/h6-7H,3-5H2,1-2H3;(H,5,6,7). The first-order chi connectivity index (χ1) is 8.09. The topological polar surface area (TPSA) is 74.0 Å². The van der Waals surface area contributed by atoms with Crippen molar-refractivity contribution in [1.29, 1.82) is 0 Å². The molecule has 1 heterocycles. The van der Waals surface area contributed by atoms with Gasteiger partial charge in [-0.25, -0.2) is 13.4 Å². The van der Waals surface area contributed by atoms with Crippen LogP contribution >= 0.6 is 0 Å². The van der Waals surface area contributed by atoms with E-state index in [9.17, 15) is 13.2 Å². The van der Waals surface area contributed by atoms with E-state index in [2.05, 4.69) is 25.2 Å². The molecular weight excluding hydrogens is 273 g/mol. The highest BCUT2D eigenvalue weighted by Crippen LogP contribution is 2.20. The van der Waals surface area contributed by atoms with E-state index in [1.165, 1.54) is 23.6 Å². The van der Waals surface area contributed by atoms with Crippen molar-refractivity contribution < 1.29 is 31.0 Å². The maximum Gasteiger partial charge on any atom is 0.485 e. The number of halogens is 3. The molecule has 0 saturated carbocycles. The fourth-order valence-corrected chi connectivity index (χ4v) is 1.04. The summed E-state index contributed by atoms with van der Waals surface area (Å²) < 4.78 is 58.9. The zero-order chi connectivity index (χ0) is 14.4. The minimum Gasteiger partial charge on any atom is -0.741 e. The van der Waals surface area contributed by atoms with Gasteiger partial charge in [-0.05, 0) is 6.42 Å². The summed E-state index contributed by atoms with van der Waals surface area (Å²) in [6.07, 6.45) is 7.63. The van der Waals surface area contributed by atoms with Crippen LogP contribution in [0.2, 0.25) is 0 Å². The number of nitrogens with one attached hydrogen (secondary N) is 1. The van der Waals surface area contributed by atoms with Crippen LogP contribution in [0.15, 0.2) is 17.4 Å². The smallest absolute Gasteiger partial charge is 0.485 e. The van der Waals surface area contributed by atoms with Crippen LogP contribution in [-0.2, 0) is 10.1 Å². The molecule has 9 heteroatoms. The van der Waals surface area contributed by atoms with Crippen LogP contribution in [0.25, 0.3) is 0 Å². The van der Waals surface area contributed by atoms with Gasteiger partial charge in [0, 0.05) is 6.42 Å². The number of rotatable bonds is 3. The van der Waals surface area contributed by atoms with E-state index in [0.717, 1.165) is 6.42 Å². The van der Waals surface area contributed by atoms with Crippen LogP contribution in [0.5, 0.6) is 0 Å². The highest BCUT2D eigenvalue weighted by molar-refractivity contribution is 7.86. The Morgan fingerprint density at radius 2 is 1.94 bits per heavy atom. The minimum absolute atomic E-state index is 1.15. The summed E-state index contributed by atoms with van der Waals surface area (Å²) in [7, 11) is -3.97. The van der Waals surface area contributed by atoms with E-state index in [-0.39, 0.29) is 0 Å². The summed E-state index contributed by atoms with van der Waals surface area (Å²) in [4.78, 5) is 5.59. The van der Waals surface area contributed by atoms with Crippen molar-refractivity contribution in [2.75, 3.05) is 7.05 Å². The largest absolute Gasteiger partial charge is 0.741 e. The maximum atomic E-state index is 10.7. The molecule has 0 aromatic heterocycles. The first-order valence-corrected chi connectivity index (χ1v) is 6.59. The lowest BCUT2D eigenvalue weighted by Gasteiger charge is -2.08. The second-order valence-electron chi connectivity index (χ2n) is 3.58. The number of nitrogens with zero attached hydrogens (tertiary/aromatic N) is 1. The number of hydrogen-bond acceptors (Lipinski definition) is 4. The van der Waals surface area contributed by atoms with E-state index < -0.39 is 15.6 Å². The van der Waals surface area contributed by atoms with Crippen molar-refractivity contribution in [1.82, 2.24) is 0 Å². The molecule has 0 bridgehead atoms. The van der Waals surface area contributed by atoms with Gasteiger partial charge in [0.25, 0.3) is 0 Å². The third kappa shape index (κ3) is 6.12. The number of quaternary nitrogens is 1. The van der Waals surface area contributed by atoms with Crippen LogP contribution in [0.3, 0.4) is 0 Å². The molecule has 0 aliphatic carbocycles. The van der Waals surface area contributed by atoms with Gasteiger partial charge in [-0.15, -0.1) is 0 Å². The molecule has 1 rings (SSSR count). The molecule has 1 N–H and O–H groups in total. The Balaban J connectivity index is 0.000000331. The zero-order valence-electron chi connectivity index (χ0n) is 9.99. The van der Waals surface area contributed by atoms with Crippen LogP contribution in [0.1, 0.15) is 26.2 Å².